The number of pyridine rings is 1. The van der Waals surface area contributed by atoms with Gasteiger partial charge in [0.15, 0.2) is 5.82 Å². The summed E-state index contributed by atoms with van der Waals surface area (Å²) in [6.07, 6.45) is 2.11. The SMILES string of the molecule is Cc1c(Br)cnc(N2CC(S)CC2=O)c1N. The molecule has 0 saturated carbocycles. The summed E-state index contributed by atoms with van der Waals surface area (Å²) in [6, 6.07) is 0. The molecule has 0 aliphatic carbocycles. The van der Waals surface area contributed by atoms with Gasteiger partial charge in [-0.05, 0) is 28.4 Å². The summed E-state index contributed by atoms with van der Waals surface area (Å²) >= 11 is 7.66. The van der Waals surface area contributed by atoms with Crippen molar-refractivity contribution in [2.24, 2.45) is 0 Å². The summed E-state index contributed by atoms with van der Waals surface area (Å²) in [4.78, 5) is 17.5. The highest BCUT2D eigenvalue weighted by Gasteiger charge is 2.30. The van der Waals surface area contributed by atoms with Crippen LogP contribution in [0.5, 0.6) is 0 Å². The van der Waals surface area contributed by atoms with Gasteiger partial charge < -0.3 is 5.73 Å². The number of carbonyl (C=O) groups is 1. The molecule has 2 N–H and O–H groups in total. The fraction of sp³-hybridized carbons (Fsp3) is 0.400. The first-order valence-corrected chi connectivity index (χ1v) is 6.20. The van der Waals surface area contributed by atoms with E-state index in [4.69, 9.17) is 5.73 Å². The number of nitrogens with two attached hydrogens (primary N) is 1. The molecule has 0 aromatic carbocycles. The highest BCUT2D eigenvalue weighted by Crippen LogP contribution is 2.32. The molecule has 4 nitrogen and oxygen atoms in total. The highest BCUT2D eigenvalue weighted by atomic mass is 79.9. The lowest BCUT2D eigenvalue weighted by Gasteiger charge is -2.18. The van der Waals surface area contributed by atoms with Gasteiger partial charge in [0, 0.05) is 28.9 Å². The van der Waals surface area contributed by atoms with Crippen molar-refractivity contribution in [2.75, 3.05) is 17.2 Å². The Kier molecular flexibility index (Phi) is 3.12. The van der Waals surface area contributed by atoms with E-state index in [-0.39, 0.29) is 11.2 Å². The predicted octanol–water partition coefficient (Wildman–Crippen LogP) is 1.77. The van der Waals surface area contributed by atoms with E-state index < -0.39 is 0 Å². The van der Waals surface area contributed by atoms with Gasteiger partial charge in [-0.15, -0.1) is 0 Å². The molecular weight excluding hydrogens is 290 g/mol. The van der Waals surface area contributed by atoms with Crippen LogP contribution < -0.4 is 10.6 Å². The monoisotopic (exact) mass is 301 g/mol. The Balaban J connectivity index is 2.42. The number of rotatable bonds is 1. The molecule has 1 aliphatic rings. The molecule has 2 rings (SSSR count). The second kappa shape index (κ2) is 4.25. The fourth-order valence-electron chi connectivity index (χ4n) is 1.69. The van der Waals surface area contributed by atoms with Gasteiger partial charge in [0.25, 0.3) is 0 Å². The van der Waals surface area contributed by atoms with Crippen LogP contribution in [-0.4, -0.2) is 22.7 Å². The van der Waals surface area contributed by atoms with Gasteiger partial charge in [-0.25, -0.2) is 4.98 Å². The summed E-state index contributed by atoms with van der Waals surface area (Å²) in [5.41, 5.74) is 7.41. The van der Waals surface area contributed by atoms with E-state index in [1.807, 2.05) is 6.92 Å². The number of carbonyl (C=O) groups excluding carboxylic acids is 1. The van der Waals surface area contributed by atoms with Gasteiger partial charge in [0.05, 0.1) is 5.69 Å². The Labute approximate surface area is 108 Å². The summed E-state index contributed by atoms with van der Waals surface area (Å²) in [5, 5.41) is 0.0673. The van der Waals surface area contributed by atoms with Gasteiger partial charge in [-0.1, -0.05) is 0 Å². The first-order chi connectivity index (χ1) is 7.50. The molecular formula is C10H12BrN3OS. The third-order valence-corrected chi connectivity index (χ3v) is 3.81. The molecule has 16 heavy (non-hydrogen) atoms. The van der Waals surface area contributed by atoms with Gasteiger partial charge in [-0.2, -0.15) is 12.6 Å². The third-order valence-electron chi connectivity index (χ3n) is 2.66. The van der Waals surface area contributed by atoms with E-state index in [9.17, 15) is 4.79 Å². The third kappa shape index (κ3) is 1.91. The molecule has 2 heterocycles. The van der Waals surface area contributed by atoms with Crippen LogP contribution in [0, 0.1) is 6.92 Å². The summed E-state index contributed by atoms with van der Waals surface area (Å²) < 4.78 is 0.850. The topological polar surface area (TPSA) is 59.2 Å². The Hall–Kier alpha value is -0.750. The zero-order valence-electron chi connectivity index (χ0n) is 8.77. The quantitative estimate of drug-likeness (QED) is 0.777. The number of nitrogen functional groups attached to an aromatic ring is 1. The minimum atomic E-state index is 0.0286. The summed E-state index contributed by atoms with van der Waals surface area (Å²) in [7, 11) is 0. The molecule has 1 amide bonds. The Morgan fingerprint density at radius 1 is 1.69 bits per heavy atom. The Morgan fingerprint density at radius 2 is 2.38 bits per heavy atom. The first-order valence-electron chi connectivity index (χ1n) is 4.89. The zero-order valence-corrected chi connectivity index (χ0v) is 11.3. The van der Waals surface area contributed by atoms with Crippen molar-refractivity contribution in [3.05, 3.63) is 16.2 Å². The van der Waals surface area contributed by atoms with Gasteiger partial charge in [0.2, 0.25) is 5.91 Å². The second-order valence-corrected chi connectivity index (χ2v) is 5.42. The molecule has 1 unspecified atom stereocenters. The maximum Gasteiger partial charge on any atom is 0.229 e. The van der Waals surface area contributed by atoms with Crippen molar-refractivity contribution in [3.8, 4) is 0 Å². The molecule has 1 aromatic heterocycles. The van der Waals surface area contributed by atoms with Crippen molar-refractivity contribution >= 4 is 46.0 Å². The molecule has 86 valence electrons. The molecule has 0 spiro atoms. The number of anilines is 2. The average molecular weight is 302 g/mol. The number of thiol groups is 1. The maximum absolute atomic E-state index is 11.7. The van der Waals surface area contributed by atoms with Gasteiger partial charge in [-0.3, -0.25) is 9.69 Å². The lowest BCUT2D eigenvalue weighted by molar-refractivity contribution is -0.117. The minimum absolute atomic E-state index is 0.0286. The summed E-state index contributed by atoms with van der Waals surface area (Å²) in [5.74, 6) is 0.572. The number of nitrogens with zero attached hydrogens (tertiary/aromatic N) is 2. The van der Waals surface area contributed by atoms with Crippen molar-refractivity contribution in [1.29, 1.82) is 0 Å². The molecule has 1 fully saturated rings. The molecule has 1 aliphatic heterocycles. The summed E-state index contributed by atoms with van der Waals surface area (Å²) in [6.45, 7) is 2.46. The number of halogens is 1. The Bertz CT molecular complexity index is 452. The van der Waals surface area contributed by atoms with Crippen LogP contribution >= 0.6 is 28.6 Å². The standard InChI is InChI=1S/C10H12BrN3OS/c1-5-7(11)3-13-10(9(5)12)14-4-6(16)2-8(14)15/h3,6,16H,2,4,12H2,1H3. The molecule has 0 radical (unpaired) electrons. The van der Waals surface area contributed by atoms with E-state index >= 15 is 0 Å². The lowest BCUT2D eigenvalue weighted by Crippen LogP contribution is -2.27. The van der Waals surface area contributed by atoms with E-state index in [1.165, 1.54) is 0 Å². The van der Waals surface area contributed by atoms with Gasteiger partial charge >= 0.3 is 0 Å². The average Bonchev–Trinajstić information content (AvgIpc) is 2.55. The molecule has 1 saturated heterocycles. The number of amides is 1. The lowest BCUT2D eigenvalue weighted by atomic mass is 10.2. The van der Waals surface area contributed by atoms with Crippen LogP contribution in [0.1, 0.15) is 12.0 Å². The van der Waals surface area contributed by atoms with Crippen molar-refractivity contribution in [2.45, 2.75) is 18.6 Å². The van der Waals surface area contributed by atoms with Gasteiger partial charge in [0.1, 0.15) is 0 Å². The molecule has 0 bridgehead atoms. The van der Waals surface area contributed by atoms with E-state index in [0.717, 1.165) is 10.0 Å². The Morgan fingerprint density at radius 3 is 2.94 bits per heavy atom. The number of aromatic nitrogens is 1. The van der Waals surface area contributed by atoms with E-state index in [2.05, 4.69) is 33.5 Å². The van der Waals surface area contributed by atoms with Crippen LogP contribution in [0.3, 0.4) is 0 Å². The minimum Gasteiger partial charge on any atom is -0.395 e. The smallest absolute Gasteiger partial charge is 0.229 e. The normalized spacial score (nSPS) is 20.6. The van der Waals surface area contributed by atoms with Crippen molar-refractivity contribution in [3.63, 3.8) is 0 Å². The van der Waals surface area contributed by atoms with Crippen LogP contribution in [0.15, 0.2) is 10.7 Å². The number of hydrogen-bond donors (Lipinski definition) is 2. The fourth-order valence-corrected chi connectivity index (χ4v) is 2.32. The van der Waals surface area contributed by atoms with Crippen LogP contribution in [0.2, 0.25) is 0 Å². The molecule has 1 aromatic rings. The van der Waals surface area contributed by atoms with Crippen molar-refractivity contribution < 1.29 is 4.79 Å². The molecule has 1 atom stereocenters. The highest BCUT2D eigenvalue weighted by molar-refractivity contribution is 9.10. The van der Waals surface area contributed by atoms with Crippen LogP contribution in [-0.2, 0) is 4.79 Å². The second-order valence-electron chi connectivity index (χ2n) is 3.83. The zero-order chi connectivity index (χ0) is 11.9. The number of hydrogen-bond acceptors (Lipinski definition) is 4. The van der Waals surface area contributed by atoms with E-state index in [1.54, 1.807) is 11.1 Å². The molecule has 6 heteroatoms. The van der Waals surface area contributed by atoms with Crippen LogP contribution in [0.25, 0.3) is 0 Å². The van der Waals surface area contributed by atoms with Crippen LogP contribution in [0.4, 0.5) is 11.5 Å². The first kappa shape index (κ1) is 11.7. The van der Waals surface area contributed by atoms with E-state index in [0.29, 0.717) is 24.5 Å². The van der Waals surface area contributed by atoms with Crippen molar-refractivity contribution in [1.82, 2.24) is 4.98 Å². The maximum atomic E-state index is 11.7. The predicted molar refractivity (Wildman–Crippen MR) is 70.8 cm³/mol. The largest absolute Gasteiger partial charge is 0.395 e.